The van der Waals surface area contributed by atoms with E-state index in [2.05, 4.69) is 29.9 Å². The van der Waals surface area contributed by atoms with Gasteiger partial charge in [0.1, 0.15) is 11.9 Å². The van der Waals surface area contributed by atoms with E-state index in [-0.39, 0.29) is 0 Å². The maximum Gasteiger partial charge on any atom is 0.127 e. The maximum absolute atomic E-state index is 9.23. The van der Waals surface area contributed by atoms with E-state index in [1.807, 2.05) is 43.3 Å². The number of nitriles is 1. The lowest BCUT2D eigenvalue weighted by atomic mass is 10.0. The molecule has 0 aliphatic rings. The first-order valence-corrected chi connectivity index (χ1v) is 6.57. The van der Waals surface area contributed by atoms with Gasteiger partial charge in [-0.3, -0.25) is 4.98 Å². The summed E-state index contributed by atoms with van der Waals surface area (Å²) in [4.78, 5) is 10.9. The van der Waals surface area contributed by atoms with Gasteiger partial charge in [0, 0.05) is 31.5 Å². The van der Waals surface area contributed by atoms with Crippen LogP contribution >= 0.6 is 0 Å². The Balaban J connectivity index is 2.50. The second-order valence-electron chi connectivity index (χ2n) is 5.20. The van der Waals surface area contributed by atoms with Crippen molar-refractivity contribution in [3.05, 3.63) is 41.7 Å². The minimum absolute atomic E-state index is 0.329. The summed E-state index contributed by atoms with van der Waals surface area (Å²) in [6, 6.07) is 9.82. The van der Waals surface area contributed by atoms with Crippen molar-refractivity contribution < 1.29 is 0 Å². The third-order valence-corrected chi connectivity index (χ3v) is 3.11. The molecule has 0 spiro atoms. The van der Waals surface area contributed by atoms with E-state index in [0.717, 1.165) is 17.1 Å². The quantitative estimate of drug-likeness (QED) is 0.856. The predicted molar refractivity (Wildman–Crippen MR) is 80.6 cm³/mol. The zero-order valence-electron chi connectivity index (χ0n) is 12.3. The van der Waals surface area contributed by atoms with E-state index in [9.17, 15) is 5.26 Å². The van der Waals surface area contributed by atoms with E-state index in [4.69, 9.17) is 0 Å². The average Bonchev–Trinajstić information content (AvgIpc) is 2.46. The van der Waals surface area contributed by atoms with Crippen LogP contribution in [-0.4, -0.2) is 24.1 Å². The van der Waals surface area contributed by atoms with Crippen molar-refractivity contribution in [2.45, 2.75) is 19.8 Å². The third-order valence-electron chi connectivity index (χ3n) is 3.11. The molecule has 0 aromatic carbocycles. The molecular formula is C16H18N4. The van der Waals surface area contributed by atoms with Gasteiger partial charge in [-0.1, -0.05) is 13.8 Å². The summed E-state index contributed by atoms with van der Waals surface area (Å²) in [7, 11) is 3.89. The molecule has 0 fully saturated rings. The summed E-state index contributed by atoms with van der Waals surface area (Å²) in [6.07, 6.45) is 1.77. The largest absolute Gasteiger partial charge is 0.363 e. The van der Waals surface area contributed by atoms with Gasteiger partial charge in [-0.2, -0.15) is 5.26 Å². The second kappa shape index (κ2) is 5.70. The van der Waals surface area contributed by atoms with Gasteiger partial charge in [-0.15, -0.1) is 0 Å². The Labute approximate surface area is 119 Å². The summed E-state index contributed by atoms with van der Waals surface area (Å²) in [5.74, 6) is 1.21. The Kier molecular flexibility index (Phi) is 3.99. The molecule has 0 aliphatic heterocycles. The molecular weight excluding hydrogens is 248 g/mol. The highest BCUT2D eigenvalue weighted by Gasteiger charge is 2.11. The monoisotopic (exact) mass is 266 g/mol. The van der Waals surface area contributed by atoms with Crippen LogP contribution in [0.1, 0.15) is 31.0 Å². The Morgan fingerprint density at radius 3 is 2.40 bits per heavy atom. The molecule has 0 unspecified atom stereocenters. The van der Waals surface area contributed by atoms with Crippen LogP contribution in [0.15, 0.2) is 30.5 Å². The minimum atomic E-state index is 0.329. The van der Waals surface area contributed by atoms with Crippen LogP contribution in [0.4, 0.5) is 5.82 Å². The van der Waals surface area contributed by atoms with Crippen LogP contribution in [0, 0.1) is 11.3 Å². The van der Waals surface area contributed by atoms with Crippen LogP contribution in [0.5, 0.6) is 0 Å². The molecule has 2 aromatic rings. The standard InChI is InChI=1S/C16H18N4/c1-11(2)14-7-5-12(9-17)16(19-14)13-6-8-15(18-10-13)20(3)4/h5-8,10-11H,1-4H3. The van der Waals surface area contributed by atoms with E-state index >= 15 is 0 Å². The number of rotatable bonds is 3. The first-order chi connectivity index (χ1) is 9.52. The molecule has 0 saturated heterocycles. The van der Waals surface area contributed by atoms with Gasteiger partial charge in [0.2, 0.25) is 0 Å². The van der Waals surface area contributed by atoms with Gasteiger partial charge in [-0.05, 0) is 30.2 Å². The Bertz CT molecular complexity index is 637. The first-order valence-electron chi connectivity index (χ1n) is 6.57. The molecule has 2 aromatic heterocycles. The van der Waals surface area contributed by atoms with Gasteiger partial charge < -0.3 is 4.90 Å². The van der Waals surface area contributed by atoms with Crippen LogP contribution in [0.2, 0.25) is 0 Å². The van der Waals surface area contributed by atoms with Gasteiger partial charge in [0.05, 0.1) is 11.3 Å². The summed E-state index contributed by atoms with van der Waals surface area (Å²) >= 11 is 0. The lowest BCUT2D eigenvalue weighted by Crippen LogP contribution is -2.10. The number of nitrogens with zero attached hydrogens (tertiary/aromatic N) is 4. The molecule has 2 rings (SSSR count). The fourth-order valence-corrected chi connectivity index (χ4v) is 1.90. The predicted octanol–water partition coefficient (Wildman–Crippen LogP) is 3.20. The van der Waals surface area contributed by atoms with Gasteiger partial charge in [-0.25, -0.2) is 4.98 Å². The molecule has 0 radical (unpaired) electrons. The van der Waals surface area contributed by atoms with Crippen molar-refractivity contribution in [1.29, 1.82) is 5.26 Å². The smallest absolute Gasteiger partial charge is 0.127 e. The number of pyridine rings is 2. The van der Waals surface area contributed by atoms with Gasteiger partial charge in [0.25, 0.3) is 0 Å². The van der Waals surface area contributed by atoms with Gasteiger partial charge >= 0.3 is 0 Å². The zero-order valence-corrected chi connectivity index (χ0v) is 12.3. The van der Waals surface area contributed by atoms with E-state index in [1.165, 1.54) is 0 Å². The van der Waals surface area contributed by atoms with Crippen LogP contribution < -0.4 is 4.90 Å². The van der Waals surface area contributed by atoms with Crippen molar-refractivity contribution >= 4 is 5.82 Å². The molecule has 102 valence electrons. The minimum Gasteiger partial charge on any atom is -0.363 e. The Morgan fingerprint density at radius 1 is 1.15 bits per heavy atom. The normalized spacial score (nSPS) is 10.4. The van der Waals surface area contributed by atoms with Crippen LogP contribution in [-0.2, 0) is 0 Å². The van der Waals surface area contributed by atoms with E-state index < -0.39 is 0 Å². The van der Waals surface area contributed by atoms with Crippen molar-refractivity contribution in [1.82, 2.24) is 9.97 Å². The Morgan fingerprint density at radius 2 is 1.90 bits per heavy atom. The first kappa shape index (κ1) is 14.0. The molecule has 0 atom stereocenters. The van der Waals surface area contributed by atoms with E-state index in [0.29, 0.717) is 17.2 Å². The molecule has 0 amide bonds. The number of hydrogen-bond donors (Lipinski definition) is 0. The Hall–Kier alpha value is -2.41. The number of aromatic nitrogens is 2. The van der Waals surface area contributed by atoms with E-state index in [1.54, 1.807) is 6.20 Å². The molecule has 20 heavy (non-hydrogen) atoms. The maximum atomic E-state index is 9.23. The average molecular weight is 266 g/mol. The SMILES string of the molecule is CC(C)c1ccc(C#N)c(-c2ccc(N(C)C)nc2)n1. The molecule has 4 nitrogen and oxygen atoms in total. The fraction of sp³-hybridized carbons (Fsp3) is 0.312. The van der Waals surface area contributed by atoms with Crippen molar-refractivity contribution in [2.75, 3.05) is 19.0 Å². The summed E-state index contributed by atoms with van der Waals surface area (Å²) < 4.78 is 0. The molecule has 4 heteroatoms. The number of anilines is 1. The highest BCUT2D eigenvalue weighted by Crippen LogP contribution is 2.24. The number of hydrogen-bond acceptors (Lipinski definition) is 4. The van der Waals surface area contributed by atoms with Crippen molar-refractivity contribution in [3.8, 4) is 17.3 Å². The molecule has 0 N–H and O–H groups in total. The molecule has 0 aliphatic carbocycles. The summed E-state index contributed by atoms with van der Waals surface area (Å²) in [5, 5.41) is 9.23. The second-order valence-corrected chi connectivity index (χ2v) is 5.20. The summed E-state index contributed by atoms with van der Waals surface area (Å²) in [5.41, 5.74) is 3.13. The highest BCUT2D eigenvalue weighted by atomic mass is 15.1. The lowest BCUT2D eigenvalue weighted by Gasteiger charge is -2.12. The summed E-state index contributed by atoms with van der Waals surface area (Å²) in [6.45, 7) is 4.18. The molecule has 0 saturated carbocycles. The van der Waals surface area contributed by atoms with Crippen molar-refractivity contribution in [3.63, 3.8) is 0 Å². The zero-order chi connectivity index (χ0) is 14.7. The lowest BCUT2D eigenvalue weighted by molar-refractivity contribution is 0.824. The molecule has 0 bridgehead atoms. The van der Waals surface area contributed by atoms with Crippen LogP contribution in [0.25, 0.3) is 11.3 Å². The van der Waals surface area contributed by atoms with Crippen molar-refractivity contribution in [2.24, 2.45) is 0 Å². The highest BCUT2D eigenvalue weighted by molar-refractivity contribution is 5.67. The van der Waals surface area contributed by atoms with Crippen LogP contribution in [0.3, 0.4) is 0 Å². The fourth-order valence-electron chi connectivity index (χ4n) is 1.90. The molecule has 2 heterocycles. The topological polar surface area (TPSA) is 52.8 Å². The van der Waals surface area contributed by atoms with Gasteiger partial charge in [0.15, 0.2) is 0 Å². The third kappa shape index (κ3) is 2.77.